The zero-order chi connectivity index (χ0) is 18.4. The number of carbonyl (C=O) groups excluding carboxylic acids is 2. The van der Waals surface area contributed by atoms with Crippen molar-refractivity contribution in [2.75, 3.05) is 36.9 Å². The third-order valence-electron chi connectivity index (χ3n) is 4.03. The lowest BCUT2D eigenvalue weighted by molar-refractivity contribution is -0.134. The zero-order valence-electron chi connectivity index (χ0n) is 14.2. The largest absolute Gasteiger partial charge is 0.378 e. The summed E-state index contributed by atoms with van der Waals surface area (Å²) in [6.45, 7) is 2.47. The lowest BCUT2D eigenvalue weighted by Gasteiger charge is -2.26. The molecule has 0 unspecified atom stereocenters. The van der Waals surface area contributed by atoms with E-state index in [4.69, 9.17) is 16.3 Å². The van der Waals surface area contributed by atoms with Crippen molar-refractivity contribution in [3.05, 3.63) is 59.1 Å². The zero-order valence-corrected chi connectivity index (χ0v) is 15.0. The van der Waals surface area contributed by atoms with E-state index < -0.39 is 0 Å². The van der Waals surface area contributed by atoms with Gasteiger partial charge in [-0.2, -0.15) is 0 Å². The average Bonchev–Trinajstić information content (AvgIpc) is 2.66. The summed E-state index contributed by atoms with van der Waals surface area (Å²) in [4.78, 5) is 26.1. The van der Waals surface area contributed by atoms with Gasteiger partial charge in [-0.25, -0.2) is 4.79 Å². The quantitative estimate of drug-likeness (QED) is 0.863. The van der Waals surface area contributed by atoms with E-state index in [0.29, 0.717) is 49.1 Å². The van der Waals surface area contributed by atoms with Gasteiger partial charge in [0.25, 0.3) is 0 Å². The van der Waals surface area contributed by atoms with E-state index >= 15 is 0 Å². The van der Waals surface area contributed by atoms with Crippen LogP contribution < -0.4 is 10.6 Å². The Labute approximate surface area is 157 Å². The summed E-state index contributed by atoms with van der Waals surface area (Å²) in [7, 11) is 0. The minimum absolute atomic E-state index is 0.0921. The molecule has 3 rings (SSSR count). The van der Waals surface area contributed by atoms with Crippen molar-refractivity contribution >= 4 is 34.9 Å². The van der Waals surface area contributed by atoms with Crippen LogP contribution in [0.2, 0.25) is 5.02 Å². The van der Waals surface area contributed by atoms with Crippen molar-refractivity contribution in [3.63, 3.8) is 0 Å². The van der Waals surface area contributed by atoms with Gasteiger partial charge in [-0.3, -0.25) is 4.79 Å². The van der Waals surface area contributed by atoms with Crippen molar-refractivity contribution in [2.24, 2.45) is 0 Å². The number of rotatable bonds is 4. The SMILES string of the molecule is O=C(Nc1ccc(Cl)cc1)Nc1ccc(CC(=O)N2CCOCC2)cc1. The minimum Gasteiger partial charge on any atom is -0.378 e. The van der Waals surface area contributed by atoms with Crippen LogP contribution in [0.1, 0.15) is 5.56 Å². The minimum atomic E-state index is -0.343. The van der Waals surface area contributed by atoms with Crippen LogP contribution in [0.25, 0.3) is 0 Å². The van der Waals surface area contributed by atoms with Gasteiger partial charge >= 0.3 is 6.03 Å². The van der Waals surface area contributed by atoms with E-state index in [1.54, 1.807) is 36.4 Å². The van der Waals surface area contributed by atoms with E-state index in [-0.39, 0.29) is 11.9 Å². The second-order valence-corrected chi connectivity index (χ2v) is 6.39. The Morgan fingerprint density at radius 3 is 2.04 bits per heavy atom. The number of nitrogens with one attached hydrogen (secondary N) is 2. The van der Waals surface area contributed by atoms with Crippen LogP contribution in [0.4, 0.5) is 16.2 Å². The third kappa shape index (κ3) is 5.21. The molecule has 0 atom stereocenters. The number of benzene rings is 2. The Morgan fingerprint density at radius 1 is 0.923 bits per heavy atom. The monoisotopic (exact) mass is 373 g/mol. The van der Waals surface area contributed by atoms with Crippen LogP contribution in [0.15, 0.2) is 48.5 Å². The molecule has 0 spiro atoms. The van der Waals surface area contributed by atoms with Crippen LogP contribution in [0, 0.1) is 0 Å². The van der Waals surface area contributed by atoms with Crippen molar-refractivity contribution < 1.29 is 14.3 Å². The van der Waals surface area contributed by atoms with Crippen LogP contribution in [-0.2, 0) is 16.0 Å². The number of morpholine rings is 1. The van der Waals surface area contributed by atoms with Gasteiger partial charge < -0.3 is 20.3 Å². The second kappa shape index (κ2) is 8.69. The number of halogens is 1. The van der Waals surface area contributed by atoms with E-state index in [1.807, 2.05) is 17.0 Å². The molecule has 0 aromatic heterocycles. The van der Waals surface area contributed by atoms with Gasteiger partial charge in [0.05, 0.1) is 19.6 Å². The van der Waals surface area contributed by atoms with E-state index in [9.17, 15) is 9.59 Å². The molecule has 1 saturated heterocycles. The average molecular weight is 374 g/mol. The topological polar surface area (TPSA) is 70.7 Å². The first-order valence-electron chi connectivity index (χ1n) is 8.38. The smallest absolute Gasteiger partial charge is 0.323 e. The molecule has 26 heavy (non-hydrogen) atoms. The summed E-state index contributed by atoms with van der Waals surface area (Å²) in [6.07, 6.45) is 0.344. The first kappa shape index (κ1) is 18.2. The highest BCUT2D eigenvalue weighted by Crippen LogP contribution is 2.15. The summed E-state index contributed by atoms with van der Waals surface area (Å²) in [6, 6.07) is 13.8. The Hall–Kier alpha value is -2.57. The number of anilines is 2. The maximum atomic E-state index is 12.2. The van der Waals surface area contributed by atoms with E-state index in [2.05, 4.69) is 10.6 Å². The molecule has 7 heteroatoms. The van der Waals surface area contributed by atoms with Gasteiger partial charge in [0.2, 0.25) is 5.91 Å². The summed E-state index contributed by atoms with van der Waals surface area (Å²) in [5.41, 5.74) is 2.21. The molecule has 136 valence electrons. The molecule has 0 saturated carbocycles. The number of carbonyl (C=O) groups is 2. The molecule has 2 aromatic rings. The standard InChI is InChI=1S/C19H20ClN3O3/c20-15-3-7-17(8-4-15)22-19(25)21-16-5-1-14(2-6-16)13-18(24)23-9-11-26-12-10-23/h1-8H,9-13H2,(H2,21,22,25). The fraction of sp³-hybridized carbons (Fsp3) is 0.263. The van der Waals surface area contributed by atoms with Gasteiger partial charge in [0, 0.05) is 29.5 Å². The molecule has 0 radical (unpaired) electrons. The maximum absolute atomic E-state index is 12.2. The fourth-order valence-corrected chi connectivity index (χ4v) is 2.76. The maximum Gasteiger partial charge on any atom is 0.323 e. The summed E-state index contributed by atoms with van der Waals surface area (Å²) in [5.74, 6) is 0.0921. The van der Waals surface area contributed by atoms with Gasteiger partial charge in [0.1, 0.15) is 0 Å². The molecule has 1 fully saturated rings. The highest BCUT2D eigenvalue weighted by Gasteiger charge is 2.16. The molecular formula is C19H20ClN3O3. The second-order valence-electron chi connectivity index (χ2n) is 5.95. The molecule has 2 aromatic carbocycles. The highest BCUT2D eigenvalue weighted by molar-refractivity contribution is 6.30. The van der Waals surface area contributed by atoms with E-state index in [1.165, 1.54) is 0 Å². The normalized spacial score (nSPS) is 14.0. The molecular weight excluding hydrogens is 354 g/mol. The van der Waals surface area contributed by atoms with Crippen molar-refractivity contribution in [1.29, 1.82) is 0 Å². The number of nitrogens with zero attached hydrogens (tertiary/aromatic N) is 1. The summed E-state index contributed by atoms with van der Waals surface area (Å²) >= 11 is 5.82. The predicted molar refractivity (Wildman–Crippen MR) is 102 cm³/mol. The van der Waals surface area contributed by atoms with Crippen molar-refractivity contribution in [3.8, 4) is 0 Å². The highest BCUT2D eigenvalue weighted by atomic mass is 35.5. The lowest BCUT2D eigenvalue weighted by Crippen LogP contribution is -2.41. The predicted octanol–water partition coefficient (Wildman–Crippen LogP) is 3.39. The Morgan fingerprint density at radius 2 is 1.46 bits per heavy atom. The summed E-state index contributed by atoms with van der Waals surface area (Å²) < 4.78 is 5.25. The van der Waals surface area contributed by atoms with Crippen molar-refractivity contribution in [2.45, 2.75) is 6.42 Å². The molecule has 2 N–H and O–H groups in total. The van der Waals surface area contributed by atoms with Crippen molar-refractivity contribution in [1.82, 2.24) is 4.90 Å². The lowest BCUT2D eigenvalue weighted by atomic mass is 10.1. The Balaban J connectivity index is 1.51. The van der Waals surface area contributed by atoms with Gasteiger partial charge in [0.15, 0.2) is 0 Å². The molecule has 3 amide bonds. The summed E-state index contributed by atoms with van der Waals surface area (Å²) in [5, 5.41) is 6.09. The first-order chi connectivity index (χ1) is 12.6. The molecule has 1 aliphatic rings. The van der Waals surface area contributed by atoms with Crippen LogP contribution in [0.5, 0.6) is 0 Å². The number of urea groups is 1. The molecule has 0 aliphatic carbocycles. The number of ether oxygens (including phenoxy) is 1. The van der Waals surface area contributed by atoms with Crippen LogP contribution >= 0.6 is 11.6 Å². The molecule has 1 heterocycles. The fourth-order valence-electron chi connectivity index (χ4n) is 2.63. The Bertz CT molecular complexity index is 757. The number of hydrogen-bond donors (Lipinski definition) is 2. The van der Waals surface area contributed by atoms with E-state index in [0.717, 1.165) is 5.56 Å². The van der Waals surface area contributed by atoms with Crippen LogP contribution in [0.3, 0.4) is 0 Å². The molecule has 6 nitrogen and oxygen atoms in total. The third-order valence-corrected chi connectivity index (χ3v) is 4.29. The van der Waals surface area contributed by atoms with Gasteiger partial charge in [-0.05, 0) is 42.0 Å². The number of amides is 3. The van der Waals surface area contributed by atoms with Gasteiger partial charge in [-0.15, -0.1) is 0 Å². The Kier molecular flexibility index (Phi) is 6.09. The van der Waals surface area contributed by atoms with Crippen LogP contribution in [-0.4, -0.2) is 43.1 Å². The molecule has 1 aliphatic heterocycles. The first-order valence-corrected chi connectivity index (χ1v) is 8.76. The van der Waals surface area contributed by atoms with Gasteiger partial charge in [-0.1, -0.05) is 23.7 Å². The molecule has 0 bridgehead atoms. The number of hydrogen-bond acceptors (Lipinski definition) is 3.